The Morgan fingerprint density at radius 2 is 0.505 bits per heavy atom. The highest BCUT2D eigenvalue weighted by molar-refractivity contribution is 6.12. The quantitative estimate of drug-likeness (QED) is 0.108. The first-order valence-electron chi connectivity index (χ1n) is 35.6. The maximum Gasteiger partial charge on any atom is 0.0541 e. The van der Waals surface area contributed by atoms with E-state index in [1.54, 1.807) is 0 Å². The first kappa shape index (κ1) is 60.9. The number of nitrogens with zero attached hydrogens (tertiary/aromatic N) is 4. The summed E-state index contributed by atoms with van der Waals surface area (Å²) in [4.78, 5) is 4.76. The number of fused-ring (bicyclic) bond motifs is 9. The summed E-state index contributed by atoms with van der Waals surface area (Å²) in [5, 5.41) is 4.87. The molecule has 0 unspecified atom stereocenters. The Bertz CT molecular complexity index is 6110. The van der Waals surface area contributed by atoms with E-state index in [0.717, 1.165) is 67.8 Å². The predicted molar refractivity (Wildman–Crippen MR) is 435 cm³/mol. The van der Waals surface area contributed by atoms with Crippen molar-refractivity contribution in [2.24, 2.45) is 0 Å². The number of aromatic nitrogens is 2. The van der Waals surface area contributed by atoms with Crippen molar-refractivity contribution in [1.29, 1.82) is 0 Å². The Morgan fingerprint density at radius 3 is 0.971 bits per heavy atom. The van der Waals surface area contributed by atoms with Crippen LogP contribution < -0.4 is 9.80 Å². The SMILES string of the molecule is CC1(C)c2ccccc2-c2ccc(N(c3ccc(-c4ccccc4)cc3)c3ccc(-c4ccc5c(c4)c4ccccc4n5-c4cccc(-c5ccc6c(c5)c5ccccc5n6-c5ccc(-c6ccc(N(c7ccc(-c8ccccc8)cc7)c7ccc(-c8ccccc8)cc7)cc6)cc5)c4)cc3)cc21. The first-order chi connectivity index (χ1) is 50.8. The first-order valence-corrected chi connectivity index (χ1v) is 35.6. The number of rotatable bonds is 14. The third kappa shape index (κ3) is 10.8. The summed E-state index contributed by atoms with van der Waals surface area (Å²) in [7, 11) is 0. The highest BCUT2D eigenvalue weighted by Crippen LogP contribution is 2.51. The van der Waals surface area contributed by atoms with Gasteiger partial charge in [-0.1, -0.05) is 269 Å². The Morgan fingerprint density at radius 1 is 0.194 bits per heavy atom. The van der Waals surface area contributed by atoms with Crippen molar-refractivity contribution >= 4 is 77.7 Å². The Labute approximate surface area is 600 Å². The lowest BCUT2D eigenvalue weighted by Crippen LogP contribution is -2.16. The minimum Gasteiger partial charge on any atom is -0.311 e. The summed E-state index contributed by atoms with van der Waals surface area (Å²) in [6.45, 7) is 4.72. The van der Waals surface area contributed by atoms with Gasteiger partial charge in [-0.3, -0.25) is 0 Å². The van der Waals surface area contributed by atoms with Crippen molar-refractivity contribution < 1.29 is 0 Å². The number of para-hydroxylation sites is 2. The normalized spacial score (nSPS) is 12.3. The molecule has 4 heteroatoms. The molecular formula is C99H70N4. The molecule has 0 aliphatic heterocycles. The molecule has 0 saturated heterocycles. The maximum absolute atomic E-state index is 2.44. The lowest BCUT2D eigenvalue weighted by atomic mass is 9.82. The zero-order valence-corrected chi connectivity index (χ0v) is 57.2. The molecule has 2 heterocycles. The van der Waals surface area contributed by atoms with Crippen molar-refractivity contribution in [2.75, 3.05) is 9.80 Å². The second-order valence-electron chi connectivity index (χ2n) is 27.7. The van der Waals surface area contributed by atoms with Gasteiger partial charge >= 0.3 is 0 Å². The lowest BCUT2D eigenvalue weighted by Gasteiger charge is -2.28. The van der Waals surface area contributed by atoms with E-state index in [1.165, 1.54) is 110 Å². The van der Waals surface area contributed by atoms with Crippen molar-refractivity contribution in [2.45, 2.75) is 19.3 Å². The Kier molecular flexibility index (Phi) is 14.9. The summed E-state index contributed by atoms with van der Waals surface area (Å²) in [6, 6.07) is 142. The fraction of sp³-hybridized carbons (Fsp3) is 0.0303. The molecule has 0 fully saturated rings. The number of hydrogen-bond donors (Lipinski definition) is 0. The van der Waals surface area contributed by atoms with Crippen LogP contribution in [0.4, 0.5) is 34.1 Å². The van der Waals surface area contributed by atoms with E-state index in [9.17, 15) is 0 Å². The molecule has 1 aliphatic carbocycles. The van der Waals surface area contributed by atoms with Crippen LogP contribution in [0.5, 0.6) is 0 Å². The predicted octanol–water partition coefficient (Wildman–Crippen LogP) is 27.1. The van der Waals surface area contributed by atoms with E-state index < -0.39 is 0 Å². The average Bonchev–Trinajstić information content (AvgIpc) is 1.60. The summed E-state index contributed by atoms with van der Waals surface area (Å²) >= 11 is 0. The third-order valence-corrected chi connectivity index (χ3v) is 21.3. The van der Waals surface area contributed by atoms with E-state index in [1.807, 2.05) is 0 Å². The highest BCUT2D eigenvalue weighted by atomic mass is 15.1. The van der Waals surface area contributed by atoms with Gasteiger partial charge in [-0.15, -0.1) is 0 Å². The molecule has 103 heavy (non-hydrogen) atoms. The van der Waals surface area contributed by atoms with Gasteiger partial charge in [0.1, 0.15) is 0 Å². The number of hydrogen-bond acceptors (Lipinski definition) is 2. The van der Waals surface area contributed by atoms with E-state index in [4.69, 9.17) is 0 Å². The van der Waals surface area contributed by atoms with Crippen LogP contribution in [0.15, 0.2) is 388 Å². The molecule has 0 N–H and O–H groups in total. The maximum atomic E-state index is 2.44. The van der Waals surface area contributed by atoms with Crippen molar-refractivity contribution in [3.8, 4) is 89.3 Å². The molecule has 4 nitrogen and oxygen atoms in total. The minimum atomic E-state index is -0.128. The summed E-state index contributed by atoms with van der Waals surface area (Å²) in [5.74, 6) is 0. The molecule has 18 aromatic rings. The monoisotopic (exact) mass is 1310 g/mol. The zero-order valence-electron chi connectivity index (χ0n) is 57.2. The van der Waals surface area contributed by atoms with Crippen LogP contribution in [-0.2, 0) is 5.41 Å². The topological polar surface area (TPSA) is 16.3 Å². The molecule has 0 spiro atoms. The standard InChI is InChI=1S/C99H70N4/c1-99(2)93-30-15-12-27-87(93)88-60-59-86(66-94(88)99)101(82-53-37-72(38-54-82)69-23-10-5-11-24-69)83-55-43-75(44-56-83)77-45-61-98-91(64-77)90-29-14-17-32-96(90)103(98)85-26-18-25-76(63-85)78-46-62-97-92(65-78)89-28-13-16-31-95(89)102(97)84-57-41-74(42-58-84)73-39-51-81(52-40-73)100(79-47-33-70(34-48-79)67-19-6-3-7-20-67)80-49-35-71(36-50-80)68-21-8-4-9-22-68/h3-66H,1-2H3. The third-order valence-electron chi connectivity index (χ3n) is 21.3. The van der Waals surface area contributed by atoms with Crippen LogP contribution in [-0.4, -0.2) is 9.13 Å². The van der Waals surface area contributed by atoms with Gasteiger partial charge in [0.2, 0.25) is 0 Å². The average molecular weight is 1320 g/mol. The van der Waals surface area contributed by atoms with Gasteiger partial charge in [0, 0.05) is 72.5 Å². The van der Waals surface area contributed by atoms with E-state index >= 15 is 0 Å². The van der Waals surface area contributed by atoms with Gasteiger partial charge in [0.25, 0.3) is 0 Å². The second-order valence-corrected chi connectivity index (χ2v) is 27.7. The van der Waals surface area contributed by atoms with Crippen LogP contribution in [0.2, 0.25) is 0 Å². The molecule has 0 saturated carbocycles. The summed E-state index contributed by atoms with van der Waals surface area (Å²) < 4.78 is 4.85. The molecule has 16 aromatic carbocycles. The Hall–Kier alpha value is -13.3. The lowest BCUT2D eigenvalue weighted by molar-refractivity contribution is 0.660. The van der Waals surface area contributed by atoms with Gasteiger partial charge in [0.05, 0.1) is 22.1 Å². The summed E-state index contributed by atoms with van der Waals surface area (Å²) in [5.41, 5.74) is 32.9. The van der Waals surface area contributed by atoms with Crippen LogP contribution in [0.3, 0.4) is 0 Å². The smallest absolute Gasteiger partial charge is 0.0541 e. The molecule has 486 valence electrons. The molecule has 0 amide bonds. The summed E-state index contributed by atoms with van der Waals surface area (Å²) in [6.07, 6.45) is 0. The van der Waals surface area contributed by atoms with Gasteiger partial charge in [-0.25, -0.2) is 0 Å². The van der Waals surface area contributed by atoms with Gasteiger partial charge in [-0.05, 0) is 222 Å². The van der Waals surface area contributed by atoms with Crippen molar-refractivity contribution in [3.05, 3.63) is 399 Å². The van der Waals surface area contributed by atoms with Crippen molar-refractivity contribution in [3.63, 3.8) is 0 Å². The molecule has 0 atom stereocenters. The van der Waals surface area contributed by atoms with E-state index in [-0.39, 0.29) is 5.41 Å². The Balaban J connectivity index is 0.611. The van der Waals surface area contributed by atoms with E-state index in [2.05, 4.69) is 421 Å². The molecule has 1 aliphatic rings. The highest BCUT2D eigenvalue weighted by Gasteiger charge is 2.36. The largest absolute Gasteiger partial charge is 0.311 e. The zero-order chi connectivity index (χ0) is 68.5. The van der Waals surface area contributed by atoms with E-state index in [0.29, 0.717) is 0 Å². The number of anilines is 6. The van der Waals surface area contributed by atoms with Gasteiger partial charge in [-0.2, -0.15) is 0 Å². The molecular weight excluding hydrogens is 1250 g/mol. The van der Waals surface area contributed by atoms with Crippen LogP contribution in [0.25, 0.3) is 133 Å². The minimum absolute atomic E-state index is 0.128. The van der Waals surface area contributed by atoms with Gasteiger partial charge in [0.15, 0.2) is 0 Å². The van der Waals surface area contributed by atoms with Crippen LogP contribution in [0.1, 0.15) is 25.0 Å². The fourth-order valence-corrected chi connectivity index (χ4v) is 16.1. The van der Waals surface area contributed by atoms with Crippen LogP contribution in [0, 0.1) is 0 Å². The molecule has 2 aromatic heterocycles. The van der Waals surface area contributed by atoms with Crippen molar-refractivity contribution in [1.82, 2.24) is 9.13 Å². The molecule has 0 radical (unpaired) electrons. The van der Waals surface area contributed by atoms with Gasteiger partial charge < -0.3 is 18.9 Å². The molecule has 0 bridgehead atoms. The second kappa shape index (κ2) is 25.2. The fourth-order valence-electron chi connectivity index (χ4n) is 16.1. The molecule has 19 rings (SSSR count). The number of benzene rings is 16. The van der Waals surface area contributed by atoms with Crippen LogP contribution >= 0.6 is 0 Å².